The standard InChI is InChI=1S/C15H15FN2OS/c1-10(19)18-13-4-6-14(7-5-13)20-9-11-2-3-12(17)8-15(11)16/h2-8H,9,17H2,1H3,(H,18,19). The molecule has 20 heavy (non-hydrogen) atoms. The lowest BCUT2D eigenvalue weighted by molar-refractivity contribution is -0.114. The van der Waals surface area contributed by atoms with E-state index in [1.807, 2.05) is 24.3 Å². The topological polar surface area (TPSA) is 55.1 Å². The van der Waals surface area contributed by atoms with Crippen LogP contribution >= 0.6 is 11.8 Å². The number of nitrogen functional groups attached to an aromatic ring is 1. The number of halogens is 1. The molecular weight excluding hydrogens is 275 g/mol. The second-order valence-electron chi connectivity index (χ2n) is 4.35. The van der Waals surface area contributed by atoms with Crippen LogP contribution in [0.5, 0.6) is 0 Å². The molecule has 0 bridgehead atoms. The van der Waals surface area contributed by atoms with E-state index in [-0.39, 0.29) is 11.7 Å². The number of thioether (sulfide) groups is 1. The molecule has 0 fully saturated rings. The van der Waals surface area contributed by atoms with Crippen LogP contribution in [-0.2, 0) is 10.5 Å². The molecule has 0 saturated carbocycles. The van der Waals surface area contributed by atoms with E-state index < -0.39 is 0 Å². The highest BCUT2D eigenvalue weighted by atomic mass is 32.2. The highest BCUT2D eigenvalue weighted by molar-refractivity contribution is 7.98. The van der Waals surface area contributed by atoms with Crippen LogP contribution in [0.1, 0.15) is 12.5 Å². The van der Waals surface area contributed by atoms with Gasteiger partial charge in [-0.05, 0) is 42.0 Å². The third kappa shape index (κ3) is 3.99. The quantitative estimate of drug-likeness (QED) is 0.667. The summed E-state index contributed by atoms with van der Waals surface area (Å²) in [7, 11) is 0. The van der Waals surface area contributed by atoms with Crippen LogP contribution in [0.3, 0.4) is 0 Å². The largest absolute Gasteiger partial charge is 0.399 e. The molecule has 2 rings (SSSR count). The Labute approximate surface area is 121 Å². The SMILES string of the molecule is CC(=O)Nc1ccc(SCc2ccc(N)cc2F)cc1. The molecule has 0 aromatic heterocycles. The van der Waals surface area contributed by atoms with E-state index in [1.54, 1.807) is 12.1 Å². The van der Waals surface area contributed by atoms with Gasteiger partial charge in [0.25, 0.3) is 0 Å². The van der Waals surface area contributed by atoms with Gasteiger partial charge >= 0.3 is 0 Å². The van der Waals surface area contributed by atoms with Crippen molar-refractivity contribution < 1.29 is 9.18 Å². The number of amides is 1. The smallest absolute Gasteiger partial charge is 0.221 e. The molecule has 0 atom stereocenters. The zero-order valence-corrected chi connectivity index (χ0v) is 11.8. The minimum atomic E-state index is -0.285. The average molecular weight is 290 g/mol. The van der Waals surface area contributed by atoms with Gasteiger partial charge in [-0.25, -0.2) is 4.39 Å². The van der Waals surface area contributed by atoms with Gasteiger partial charge in [0.05, 0.1) is 0 Å². The summed E-state index contributed by atoms with van der Waals surface area (Å²) < 4.78 is 13.6. The van der Waals surface area contributed by atoms with Gasteiger partial charge in [0.1, 0.15) is 5.82 Å². The van der Waals surface area contributed by atoms with E-state index in [0.29, 0.717) is 17.0 Å². The Bertz CT molecular complexity index is 614. The van der Waals surface area contributed by atoms with Crippen molar-refractivity contribution in [2.75, 3.05) is 11.1 Å². The summed E-state index contributed by atoms with van der Waals surface area (Å²) in [6, 6.07) is 12.2. The maximum Gasteiger partial charge on any atom is 0.221 e. The van der Waals surface area contributed by atoms with Gasteiger partial charge in [0.15, 0.2) is 0 Å². The van der Waals surface area contributed by atoms with Gasteiger partial charge in [0.2, 0.25) is 5.91 Å². The Kier molecular flexibility index (Phi) is 4.63. The summed E-state index contributed by atoms with van der Waals surface area (Å²) in [5.41, 5.74) is 7.31. The molecule has 0 aliphatic carbocycles. The second-order valence-corrected chi connectivity index (χ2v) is 5.39. The number of carbonyl (C=O) groups is 1. The lowest BCUT2D eigenvalue weighted by Crippen LogP contribution is -2.05. The number of nitrogens with two attached hydrogens (primary N) is 1. The molecule has 0 radical (unpaired) electrons. The third-order valence-corrected chi connectivity index (χ3v) is 3.71. The molecule has 0 saturated heterocycles. The molecule has 0 spiro atoms. The highest BCUT2D eigenvalue weighted by Crippen LogP contribution is 2.26. The summed E-state index contributed by atoms with van der Waals surface area (Å²) in [5.74, 6) is 0.146. The Hall–Kier alpha value is -2.01. The molecule has 0 unspecified atom stereocenters. The fourth-order valence-electron chi connectivity index (χ4n) is 1.68. The van der Waals surface area contributed by atoms with Crippen molar-refractivity contribution in [3.05, 3.63) is 53.8 Å². The van der Waals surface area contributed by atoms with Crippen LogP contribution in [0.4, 0.5) is 15.8 Å². The minimum Gasteiger partial charge on any atom is -0.399 e. The van der Waals surface area contributed by atoms with Crippen LogP contribution in [0.15, 0.2) is 47.4 Å². The molecule has 2 aromatic rings. The first-order valence-corrected chi connectivity index (χ1v) is 7.07. The predicted molar refractivity (Wildman–Crippen MR) is 81.1 cm³/mol. The van der Waals surface area contributed by atoms with Gasteiger partial charge in [-0.15, -0.1) is 11.8 Å². The Morgan fingerprint density at radius 3 is 2.55 bits per heavy atom. The average Bonchev–Trinajstić information content (AvgIpc) is 2.39. The van der Waals surface area contributed by atoms with Gasteiger partial charge in [-0.2, -0.15) is 0 Å². The zero-order chi connectivity index (χ0) is 14.5. The van der Waals surface area contributed by atoms with Crippen LogP contribution in [-0.4, -0.2) is 5.91 Å². The second kappa shape index (κ2) is 6.43. The number of rotatable bonds is 4. The number of hydrogen-bond acceptors (Lipinski definition) is 3. The van der Waals surface area contributed by atoms with Crippen molar-refractivity contribution in [3.8, 4) is 0 Å². The third-order valence-electron chi connectivity index (χ3n) is 2.65. The minimum absolute atomic E-state index is 0.102. The van der Waals surface area contributed by atoms with Crippen molar-refractivity contribution in [1.29, 1.82) is 0 Å². The van der Waals surface area contributed by atoms with E-state index >= 15 is 0 Å². The monoisotopic (exact) mass is 290 g/mol. The molecule has 104 valence electrons. The first-order valence-electron chi connectivity index (χ1n) is 6.09. The first kappa shape index (κ1) is 14.4. The summed E-state index contributed by atoms with van der Waals surface area (Å²) in [6.45, 7) is 1.46. The van der Waals surface area contributed by atoms with Crippen LogP contribution in [0.2, 0.25) is 0 Å². The van der Waals surface area contributed by atoms with Crippen LogP contribution in [0, 0.1) is 5.82 Å². The van der Waals surface area contributed by atoms with Gasteiger partial charge in [0, 0.05) is 28.9 Å². The van der Waals surface area contributed by atoms with E-state index in [1.165, 1.54) is 24.8 Å². The Morgan fingerprint density at radius 1 is 1.25 bits per heavy atom. The number of anilines is 2. The molecular formula is C15H15FN2OS. The lowest BCUT2D eigenvalue weighted by Gasteiger charge is -2.06. The number of carbonyl (C=O) groups excluding carboxylic acids is 1. The maximum atomic E-state index is 13.6. The fourth-order valence-corrected chi connectivity index (χ4v) is 2.56. The van der Waals surface area contributed by atoms with Crippen molar-refractivity contribution >= 4 is 29.0 Å². The zero-order valence-electron chi connectivity index (χ0n) is 11.0. The Morgan fingerprint density at radius 2 is 1.95 bits per heavy atom. The van der Waals surface area contributed by atoms with E-state index in [9.17, 15) is 9.18 Å². The first-order chi connectivity index (χ1) is 9.54. The highest BCUT2D eigenvalue weighted by Gasteiger charge is 2.04. The predicted octanol–water partition coefficient (Wildman–Crippen LogP) is 3.66. The maximum absolute atomic E-state index is 13.6. The molecule has 5 heteroatoms. The molecule has 2 aromatic carbocycles. The van der Waals surface area contributed by atoms with Crippen molar-refractivity contribution in [1.82, 2.24) is 0 Å². The molecule has 1 amide bonds. The van der Waals surface area contributed by atoms with Crippen LogP contribution < -0.4 is 11.1 Å². The lowest BCUT2D eigenvalue weighted by atomic mass is 10.2. The van der Waals surface area contributed by atoms with Crippen molar-refractivity contribution in [3.63, 3.8) is 0 Å². The van der Waals surface area contributed by atoms with Crippen molar-refractivity contribution in [2.45, 2.75) is 17.6 Å². The number of nitrogens with one attached hydrogen (secondary N) is 1. The van der Waals surface area contributed by atoms with Gasteiger partial charge in [-0.3, -0.25) is 4.79 Å². The van der Waals surface area contributed by atoms with E-state index in [4.69, 9.17) is 5.73 Å². The summed E-state index contributed by atoms with van der Waals surface area (Å²) in [4.78, 5) is 11.9. The number of benzene rings is 2. The molecule has 3 N–H and O–H groups in total. The normalized spacial score (nSPS) is 10.3. The molecule has 0 aliphatic rings. The van der Waals surface area contributed by atoms with E-state index in [2.05, 4.69) is 5.32 Å². The summed E-state index contributed by atoms with van der Waals surface area (Å²) >= 11 is 1.53. The van der Waals surface area contributed by atoms with Gasteiger partial charge < -0.3 is 11.1 Å². The van der Waals surface area contributed by atoms with E-state index in [0.717, 1.165) is 10.6 Å². The number of hydrogen-bond donors (Lipinski definition) is 2. The molecule has 3 nitrogen and oxygen atoms in total. The van der Waals surface area contributed by atoms with Crippen LogP contribution in [0.25, 0.3) is 0 Å². The Balaban J connectivity index is 1.98. The van der Waals surface area contributed by atoms with Gasteiger partial charge in [-0.1, -0.05) is 6.07 Å². The molecule has 0 heterocycles. The summed E-state index contributed by atoms with van der Waals surface area (Å²) in [6.07, 6.45) is 0. The van der Waals surface area contributed by atoms with Crippen molar-refractivity contribution in [2.24, 2.45) is 0 Å². The summed E-state index contributed by atoms with van der Waals surface area (Å²) in [5, 5.41) is 2.70. The molecule has 0 aliphatic heterocycles. The fraction of sp³-hybridized carbons (Fsp3) is 0.133.